The lowest BCUT2D eigenvalue weighted by Crippen LogP contribution is -2.44. The maximum atomic E-state index is 12.9. The number of carbonyl (C=O) groups is 1. The van der Waals surface area contributed by atoms with Crippen molar-refractivity contribution in [3.8, 4) is 0 Å². The van der Waals surface area contributed by atoms with E-state index >= 15 is 0 Å². The summed E-state index contributed by atoms with van der Waals surface area (Å²) in [5, 5.41) is 7.14. The summed E-state index contributed by atoms with van der Waals surface area (Å²) < 4.78 is 16.3. The van der Waals surface area contributed by atoms with Gasteiger partial charge in [0.05, 0.1) is 25.5 Å². The summed E-state index contributed by atoms with van der Waals surface area (Å²) in [6, 6.07) is 3.78. The highest BCUT2D eigenvalue weighted by Crippen LogP contribution is 2.27. The van der Waals surface area contributed by atoms with Crippen molar-refractivity contribution in [2.75, 3.05) is 32.8 Å². The molecule has 1 aliphatic heterocycles. The van der Waals surface area contributed by atoms with Crippen molar-refractivity contribution in [1.82, 2.24) is 15.4 Å². The van der Waals surface area contributed by atoms with E-state index in [2.05, 4.69) is 15.4 Å². The molecule has 0 aliphatic carbocycles. The molecule has 1 atom stereocenters. The van der Waals surface area contributed by atoms with Crippen LogP contribution in [0.4, 0.5) is 0 Å². The Morgan fingerprint density at radius 2 is 2.08 bits per heavy atom. The maximum absolute atomic E-state index is 12.9. The predicted molar refractivity (Wildman–Crippen MR) is 96.1 cm³/mol. The zero-order valence-electron chi connectivity index (χ0n) is 15.9. The molecule has 0 radical (unpaired) electrons. The number of rotatable bonds is 5. The predicted octanol–water partition coefficient (Wildman–Crippen LogP) is 2.68. The Kier molecular flexibility index (Phi) is 5.48. The quantitative estimate of drug-likeness (QED) is 0.882. The van der Waals surface area contributed by atoms with Gasteiger partial charge in [0.1, 0.15) is 22.8 Å². The first-order chi connectivity index (χ1) is 12.4. The van der Waals surface area contributed by atoms with Crippen molar-refractivity contribution >= 4 is 5.91 Å². The van der Waals surface area contributed by atoms with E-state index in [4.69, 9.17) is 13.7 Å². The van der Waals surface area contributed by atoms with Gasteiger partial charge in [-0.15, -0.1) is 0 Å². The molecule has 2 aromatic rings. The number of nitrogens with one attached hydrogen (secondary N) is 1. The molecule has 3 heterocycles. The fraction of sp³-hybridized carbons (Fsp3) is 0.579. The molecule has 26 heavy (non-hydrogen) atoms. The molecule has 1 saturated heterocycles. The lowest BCUT2D eigenvalue weighted by molar-refractivity contribution is 0.0118. The van der Waals surface area contributed by atoms with Crippen LogP contribution in [0.5, 0.6) is 0 Å². The third-order valence-corrected chi connectivity index (χ3v) is 4.61. The smallest absolute Gasteiger partial charge is 0.256 e. The van der Waals surface area contributed by atoms with Crippen LogP contribution in [0, 0.1) is 6.92 Å². The molecule has 0 spiro atoms. The fourth-order valence-electron chi connectivity index (χ4n) is 3.21. The topological polar surface area (TPSA) is 80.7 Å². The van der Waals surface area contributed by atoms with Crippen LogP contribution >= 0.6 is 0 Å². The van der Waals surface area contributed by atoms with Gasteiger partial charge in [0.15, 0.2) is 0 Å². The number of furan rings is 1. The Balaban J connectivity index is 1.75. The summed E-state index contributed by atoms with van der Waals surface area (Å²) in [7, 11) is 0. The van der Waals surface area contributed by atoms with Gasteiger partial charge in [-0.2, -0.15) is 0 Å². The number of aromatic nitrogens is 1. The van der Waals surface area contributed by atoms with Crippen LogP contribution in [0.1, 0.15) is 54.4 Å². The van der Waals surface area contributed by atoms with Gasteiger partial charge in [0.2, 0.25) is 0 Å². The van der Waals surface area contributed by atoms with E-state index < -0.39 is 0 Å². The summed E-state index contributed by atoms with van der Waals surface area (Å²) in [5.74, 6) is 1.21. The molecule has 1 fully saturated rings. The first-order valence-electron chi connectivity index (χ1n) is 8.98. The minimum atomic E-state index is -0.269. The molecule has 2 aromatic heterocycles. The van der Waals surface area contributed by atoms with Gasteiger partial charge < -0.3 is 19.0 Å². The minimum Gasteiger partial charge on any atom is -0.468 e. The number of morpholine rings is 1. The second-order valence-electron chi connectivity index (χ2n) is 7.60. The zero-order chi connectivity index (χ0) is 18.7. The molecule has 1 unspecified atom stereocenters. The summed E-state index contributed by atoms with van der Waals surface area (Å²) in [4.78, 5) is 15.1. The molecule has 1 N–H and O–H groups in total. The van der Waals surface area contributed by atoms with Crippen LogP contribution < -0.4 is 5.32 Å². The highest BCUT2D eigenvalue weighted by atomic mass is 16.5. The number of ether oxygens (including phenoxy) is 1. The van der Waals surface area contributed by atoms with Crippen molar-refractivity contribution < 1.29 is 18.5 Å². The normalized spacial score (nSPS) is 17.2. The number of carbonyl (C=O) groups excluding carboxylic acids is 1. The molecule has 0 bridgehead atoms. The van der Waals surface area contributed by atoms with Gasteiger partial charge in [-0.3, -0.25) is 9.69 Å². The van der Waals surface area contributed by atoms with E-state index in [0.717, 1.165) is 18.8 Å². The monoisotopic (exact) mass is 361 g/mol. The molecular formula is C19H27N3O4. The lowest BCUT2D eigenvalue weighted by Gasteiger charge is -2.33. The molecule has 3 rings (SSSR count). The molecule has 7 heteroatoms. The summed E-state index contributed by atoms with van der Waals surface area (Å²) in [6.07, 6.45) is 1.66. The maximum Gasteiger partial charge on any atom is 0.256 e. The second-order valence-corrected chi connectivity index (χ2v) is 7.60. The Bertz CT molecular complexity index is 725. The highest BCUT2D eigenvalue weighted by molar-refractivity contribution is 5.96. The van der Waals surface area contributed by atoms with Crippen LogP contribution in [-0.4, -0.2) is 48.8 Å². The van der Waals surface area contributed by atoms with Gasteiger partial charge in [-0.25, -0.2) is 0 Å². The molecule has 0 saturated carbocycles. The SMILES string of the molecule is Cc1onc(C(C)(C)C)c1C(=O)NCC(c1ccco1)N1CCOCC1. The average Bonchev–Trinajstić information content (AvgIpc) is 3.25. The van der Waals surface area contributed by atoms with Gasteiger partial charge in [-0.1, -0.05) is 25.9 Å². The molecule has 7 nitrogen and oxygen atoms in total. The fourth-order valence-corrected chi connectivity index (χ4v) is 3.21. The zero-order valence-corrected chi connectivity index (χ0v) is 15.9. The number of aryl methyl sites for hydroxylation is 1. The standard InChI is InChI=1S/C19H27N3O4/c1-13-16(17(21-26-13)19(2,3)4)18(23)20-12-14(15-6-5-9-25-15)22-7-10-24-11-8-22/h5-6,9,14H,7-8,10-12H2,1-4H3,(H,20,23). The van der Waals surface area contributed by atoms with Gasteiger partial charge in [0.25, 0.3) is 5.91 Å². The number of hydrogen-bond acceptors (Lipinski definition) is 6. The van der Waals surface area contributed by atoms with Crippen LogP contribution in [-0.2, 0) is 10.2 Å². The molecule has 142 valence electrons. The molecule has 1 aliphatic rings. The van der Waals surface area contributed by atoms with E-state index in [1.807, 2.05) is 32.9 Å². The first-order valence-corrected chi connectivity index (χ1v) is 8.98. The van der Waals surface area contributed by atoms with Gasteiger partial charge in [0, 0.05) is 25.0 Å². The van der Waals surface area contributed by atoms with E-state index in [1.165, 1.54) is 0 Å². The van der Waals surface area contributed by atoms with E-state index in [-0.39, 0.29) is 17.4 Å². The number of amides is 1. The van der Waals surface area contributed by atoms with E-state index in [1.54, 1.807) is 13.2 Å². The van der Waals surface area contributed by atoms with E-state index in [9.17, 15) is 4.79 Å². The summed E-state index contributed by atoms with van der Waals surface area (Å²) in [6.45, 7) is 11.2. The van der Waals surface area contributed by atoms with Crippen LogP contribution in [0.25, 0.3) is 0 Å². The van der Waals surface area contributed by atoms with E-state index in [0.29, 0.717) is 36.8 Å². The van der Waals surface area contributed by atoms with Gasteiger partial charge >= 0.3 is 0 Å². The average molecular weight is 361 g/mol. The van der Waals surface area contributed by atoms with Crippen molar-refractivity contribution in [2.45, 2.75) is 39.2 Å². The third-order valence-electron chi connectivity index (χ3n) is 4.61. The highest BCUT2D eigenvalue weighted by Gasteiger charge is 2.30. The Labute approximate surface area is 153 Å². The minimum absolute atomic E-state index is 0.0314. The largest absolute Gasteiger partial charge is 0.468 e. The number of hydrogen-bond donors (Lipinski definition) is 1. The Morgan fingerprint density at radius 1 is 1.35 bits per heavy atom. The van der Waals surface area contributed by atoms with Crippen molar-refractivity contribution in [3.63, 3.8) is 0 Å². The third kappa shape index (κ3) is 3.99. The van der Waals surface area contributed by atoms with Crippen molar-refractivity contribution in [3.05, 3.63) is 41.2 Å². The molecule has 1 amide bonds. The summed E-state index contributed by atoms with van der Waals surface area (Å²) >= 11 is 0. The number of nitrogens with zero attached hydrogens (tertiary/aromatic N) is 2. The Morgan fingerprint density at radius 3 is 2.69 bits per heavy atom. The van der Waals surface area contributed by atoms with Crippen LogP contribution in [0.2, 0.25) is 0 Å². The first kappa shape index (κ1) is 18.7. The Hall–Kier alpha value is -2.12. The molecular weight excluding hydrogens is 334 g/mol. The lowest BCUT2D eigenvalue weighted by atomic mass is 9.88. The van der Waals surface area contributed by atoms with Crippen molar-refractivity contribution in [2.24, 2.45) is 0 Å². The second kappa shape index (κ2) is 7.63. The molecule has 0 aromatic carbocycles. The summed E-state index contributed by atoms with van der Waals surface area (Å²) in [5.41, 5.74) is 0.931. The van der Waals surface area contributed by atoms with Gasteiger partial charge in [-0.05, 0) is 19.1 Å². The van der Waals surface area contributed by atoms with Crippen LogP contribution in [0.3, 0.4) is 0 Å². The van der Waals surface area contributed by atoms with Crippen molar-refractivity contribution in [1.29, 1.82) is 0 Å². The van der Waals surface area contributed by atoms with Crippen LogP contribution in [0.15, 0.2) is 27.3 Å².